The molecule has 0 bridgehead atoms. The van der Waals surface area contributed by atoms with Gasteiger partial charge in [0.25, 0.3) is 10.0 Å². The summed E-state index contributed by atoms with van der Waals surface area (Å²) in [6.45, 7) is 0.820. The van der Waals surface area contributed by atoms with Crippen LogP contribution in [0.25, 0.3) is 0 Å². The summed E-state index contributed by atoms with van der Waals surface area (Å²) in [4.78, 5) is 0.174. The Hall–Kier alpha value is -1.72. The van der Waals surface area contributed by atoms with Gasteiger partial charge in [0.05, 0.1) is 16.3 Å². The first-order valence-corrected chi connectivity index (χ1v) is 8.50. The molecule has 0 saturated heterocycles. The highest BCUT2D eigenvalue weighted by molar-refractivity contribution is 7.94. The summed E-state index contributed by atoms with van der Waals surface area (Å²) in [5.74, 6) is 0. The van der Waals surface area contributed by atoms with E-state index in [9.17, 15) is 8.42 Å². The minimum Gasteiger partial charge on any atom is -0.383 e. The van der Waals surface area contributed by atoms with Crippen molar-refractivity contribution in [2.75, 3.05) is 15.7 Å². The van der Waals surface area contributed by atoms with Crippen LogP contribution in [0.1, 0.15) is 12.0 Å². The van der Waals surface area contributed by atoms with E-state index in [4.69, 9.17) is 11.8 Å². The second-order valence-corrected chi connectivity index (χ2v) is 7.20. The van der Waals surface area contributed by atoms with Crippen LogP contribution in [0.2, 0.25) is 0 Å². The molecule has 1 N–H and O–H groups in total. The van der Waals surface area contributed by atoms with Gasteiger partial charge in [-0.1, -0.05) is 30.3 Å². The fraction of sp³-hybridized carbons (Fsp3) is 0.200. The zero-order chi connectivity index (χ0) is 14.9. The van der Waals surface area contributed by atoms with Gasteiger partial charge >= 0.3 is 0 Å². The molecule has 0 aromatic heterocycles. The summed E-state index contributed by atoms with van der Waals surface area (Å²) in [5, 5.41) is 3.25. The van der Waals surface area contributed by atoms with Crippen molar-refractivity contribution in [2.24, 2.45) is 0 Å². The molecule has 0 radical (unpaired) electrons. The van der Waals surface area contributed by atoms with Gasteiger partial charge in [-0.15, -0.1) is 0 Å². The SMILES string of the molecule is O=S(=O)(c1ccccc1)N(Cl)c1cccc2c1NCCC2. The van der Waals surface area contributed by atoms with Crippen LogP contribution in [-0.2, 0) is 16.4 Å². The summed E-state index contributed by atoms with van der Waals surface area (Å²) in [5.41, 5.74) is 2.36. The monoisotopic (exact) mass is 322 g/mol. The van der Waals surface area contributed by atoms with Crippen LogP contribution in [-0.4, -0.2) is 15.0 Å². The first kappa shape index (κ1) is 14.2. The van der Waals surface area contributed by atoms with Crippen molar-refractivity contribution in [2.45, 2.75) is 17.7 Å². The molecular formula is C15H15ClN2O2S. The molecule has 0 aliphatic carbocycles. The molecule has 4 nitrogen and oxygen atoms in total. The van der Waals surface area contributed by atoms with Crippen molar-refractivity contribution in [3.05, 3.63) is 54.1 Å². The average molecular weight is 323 g/mol. The van der Waals surface area contributed by atoms with Gasteiger partial charge in [0.1, 0.15) is 0 Å². The van der Waals surface area contributed by atoms with Crippen molar-refractivity contribution in [3.63, 3.8) is 0 Å². The minimum atomic E-state index is -3.77. The number of anilines is 2. The number of aryl methyl sites for hydroxylation is 1. The van der Waals surface area contributed by atoms with Gasteiger partial charge in [0.15, 0.2) is 0 Å². The van der Waals surface area contributed by atoms with Gasteiger partial charge in [0, 0.05) is 18.3 Å². The minimum absolute atomic E-state index is 0.174. The second kappa shape index (κ2) is 5.58. The van der Waals surface area contributed by atoms with Crippen molar-refractivity contribution in [1.29, 1.82) is 0 Å². The molecule has 0 fully saturated rings. The summed E-state index contributed by atoms with van der Waals surface area (Å²) in [6.07, 6.45) is 1.95. The molecule has 0 unspecified atom stereocenters. The largest absolute Gasteiger partial charge is 0.383 e. The summed E-state index contributed by atoms with van der Waals surface area (Å²) < 4.78 is 26.0. The molecular weight excluding hydrogens is 308 g/mol. The van der Waals surface area contributed by atoms with Gasteiger partial charge in [-0.05, 0) is 36.6 Å². The van der Waals surface area contributed by atoms with E-state index in [2.05, 4.69) is 5.32 Å². The molecule has 6 heteroatoms. The lowest BCUT2D eigenvalue weighted by Gasteiger charge is -2.25. The van der Waals surface area contributed by atoms with Crippen LogP contribution in [0.4, 0.5) is 11.4 Å². The van der Waals surface area contributed by atoms with Gasteiger partial charge in [0.2, 0.25) is 0 Å². The molecule has 0 atom stereocenters. The van der Waals surface area contributed by atoms with Crippen LogP contribution in [0.15, 0.2) is 53.4 Å². The number of nitrogens with zero attached hydrogens (tertiary/aromatic N) is 1. The topological polar surface area (TPSA) is 49.4 Å². The smallest absolute Gasteiger partial charge is 0.278 e. The maximum Gasteiger partial charge on any atom is 0.278 e. The predicted octanol–water partition coefficient (Wildman–Crippen LogP) is 3.39. The highest BCUT2D eigenvalue weighted by Gasteiger charge is 2.27. The average Bonchev–Trinajstić information content (AvgIpc) is 2.54. The number of rotatable bonds is 3. The van der Waals surface area contributed by atoms with Crippen molar-refractivity contribution < 1.29 is 8.42 Å². The number of halogens is 1. The van der Waals surface area contributed by atoms with Gasteiger partial charge in [-0.3, -0.25) is 0 Å². The third kappa shape index (κ3) is 2.59. The highest BCUT2D eigenvalue weighted by atomic mass is 35.5. The van der Waals surface area contributed by atoms with E-state index in [1.165, 1.54) is 12.1 Å². The molecule has 0 spiro atoms. The number of benzene rings is 2. The fourth-order valence-corrected chi connectivity index (χ4v) is 3.93. The second-order valence-electron chi connectivity index (χ2n) is 4.87. The molecule has 2 aromatic rings. The Labute approximate surface area is 129 Å². The molecule has 0 saturated carbocycles. The van der Waals surface area contributed by atoms with E-state index < -0.39 is 10.0 Å². The Morgan fingerprint density at radius 2 is 1.81 bits per heavy atom. The molecule has 3 rings (SSSR count). The first-order chi connectivity index (χ1) is 10.1. The lowest BCUT2D eigenvalue weighted by atomic mass is 10.0. The van der Waals surface area contributed by atoms with Crippen LogP contribution in [0.5, 0.6) is 0 Å². The van der Waals surface area contributed by atoms with Crippen molar-refractivity contribution >= 4 is 33.2 Å². The molecule has 110 valence electrons. The number of hydrogen-bond donors (Lipinski definition) is 1. The zero-order valence-corrected chi connectivity index (χ0v) is 12.9. The molecule has 2 aromatic carbocycles. The van der Waals surface area contributed by atoms with Crippen LogP contribution in [0, 0.1) is 0 Å². The number of sulfonamides is 1. The van der Waals surface area contributed by atoms with Crippen molar-refractivity contribution in [1.82, 2.24) is 0 Å². The standard InChI is InChI=1S/C15H15ClN2O2S/c16-18(21(19,20)13-8-2-1-3-9-13)14-10-4-6-12-7-5-11-17-15(12)14/h1-4,6,8-10,17H,5,7,11H2. The Kier molecular flexibility index (Phi) is 3.78. The van der Waals surface area contributed by atoms with E-state index in [0.717, 1.165) is 34.5 Å². The maximum atomic E-state index is 12.6. The van der Waals surface area contributed by atoms with Gasteiger partial charge in [-0.25, -0.2) is 0 Å². The van der Waals surface area contributed by atoms with E-state index in [-0.39, 0.29) is 4.90 Å². The lowest BCUT2D eigenvalue weighted by molar-refractivity contribution is 0.598. The summed E-state index contributed by atoms with van der Waals surface area (Å²) >= 11 is 6.17. The van der Waals surface area contributed by atoms with Crippen molar-refractivity contribution in [3.8, 4) is 0 Å². The molecule has 0 amide bonds. The number of para-hydroxylation sites is 1. The lowest BCUT2D eigenvalue weighted by Crippen LogP contribution is -2.24. The Morgan fingerprint density at radius 1 is 1.05 bits per heavy atom. The predicted molar refractivity (Wildman–Crippen MR) is 85.2 cm³/mol. The van der Waals surface area contributed by atoms with E-state index in [1.54, 1.807) is 24.3 Å². The van der Waals surface area contributed by atoms with Crippen LogP contribution < -0.4 is 9.14 Å². The molecule has 21 heavy (non-hydrogen) atoms. The van der Waals surface area contributed by atoms with Crippen LogP contribution in [0.3, 0.4) is 0 Å². The summed E-state index contributed by atoms with van der Waals surface area (Å²) in [7, 11) is -3.77. The molecule has 1 aliphatic rings. The van der Waals surface area contributed by atoms with Gasteiger partial charge in [-0.2, -0.15) is 12.2 Å². The Balaban J connectivity index is 2.05. The third-order valence-electron chi connectivity index (χ3n) is 3.49. The quantitative estimate of drug-likeness (QED) is 0.881. The first-order valence-electron chi connectivity index (χ1n) is 6.72. The Bertz CT molecular complexity index is 748. The van der Waals surface area contributed by atoms with Gasteiger partial charge < -0.3 is 5.32 Å². The summed E-state index contributed by atoms with van der Waals surface area (Å²) in [6, 6.07) is 13.7. The van der Waals surface area contributed by atoms with E-state index in [0.29, 0.717) is 5.69 Å². The number of hydrogen-bond acceptors (Lipinski definition) is 3. The molecule has 1 heterocycles. The van der Waals surface area contributed by atoms with Crippen LogP contribution >= 0.6 is 11.8 Å². The van der Waals surface area contributed by atoms with E-state index in [1.807, 2.05) is 12.1 Å². The zero-order valence-electron chi connectivity index (χ0n) is 11.3. The van der Waals surface area contributed by atoms with E-state index >= 15 is 0 Å². The molecule has 1 aliphatic heterocycles. The number of nitrogens with one attached hydrogen (secondary N) is 1. The normalized spacial score (nSPS) is 14.1. The highest BCUT2D eigenvalue weighted by Crippen LogP contribution is 2.36. The maximum absolute atomic E-state index is 12.6. The third-order valence-corrected chi connectivity index (χ3v) is 5.71. The fourth-order valence-electron chi connectivity index (χ4n) is 2.45. The number of fused-ring (bicyclic) bond motifs is 1. The Morgan fingerprint density at radius 3 is 2.57 bits per heavy atom.